The van der Waals surface area contributed by atoms with E-state index in [0.29, 0.717) is 38.3 Å². The van der Waals surface area contributed by atoms with E-state index in [0.717, 1.165) is 16.6 Å². The maximum absolute atomic E-state index is 14.6. The van der Waals surface area contributed by atoms with Crippen molar-refractivity contribution in [1.82, 2.24) is 14.5 Å². The fourth-order valence-electron chi connectivity index (χ4n) is 4.34. The number of H-pyrrole nitrogens is 1. The summed E-state index contributed by atoms with van der Waals surface area (Å²) in [6.45, 7) is 3.36. The number of aromatic nitrogens is 3. The van der Waals surface area contributed by atoms with E-state index in [-0.39, 0.29) is 30.3 Å². The maximum atomic E-state index is 14.6. The summed E-state index contributed by atoms with van der Waals surface area (Å²) in [6.07, 6.45) is 7.16. The molecule has 2 aromatic carbocycles. The zero-order valence-corrected chi connectivity index (χ0v) is 18.3. The molecule has 7 heteroatoms. The van der Waals surface area contributed by atoms with E-state index in [1.807, 2.05) is 12.1 Å². The molecule has 0 spiro atoms. The molecule has 5 rings (SSSR count). The number of imidazole rings is 1. The van der Waals surface area contributed by atoms with E-state index in [1.54, 1.807) is 42.1 Å². The molecule has 2 aromatic heterocycles. The first-order valence-corrected chi connectivity index (χ1v) is 10.6. The van der Waals surface area contributed by atoms with Gasteiger partial charge in [0.2, 0.25) is 0 Å². The second-order valence-electron chi connectivity index (χ2n) is 7.98. The van der Waals surface area contributed by atoms with Crippen molar-refractivity contribution in [3.63, 3.8) is 0 Å². The zero-order chi connectivity index (χ0) is 22.6. The Morgan fingerprint density at radius 3 is 2.84 bits per heavy atom. The fourth-order valence-corrected chi connectivity index (χ4v) is 4.56. The number of allylic oxidation sites excluding steroid dienone is 4. The van der Waals surface area contributed by atoms with E-state index < -0.39 is 0 Å². The van der Waals surface area contributed by atoms with Crippen LogP contribution in [0.4, 0.5) is 4.39 Å². The first-order valence-electron chi connectivity index (χ1n) is 10.2. The average molecular weight is 448 g/mol. The molecule has 1 N–H and O–H groups in total. The molecular weight excluding hydrogens is 429 g/mol. The number of hydrogen-bond acceptors (Lipinski definition) is 3. The lowest BCUT2D eigenvalue weighted by Crippen LogP contribution is -2.12. The molecule has 160 valence electrons. The minimum absolute atomic E-state index is 0.0760. The molecule has 4 aromatic rings. The number of halogens is 2. The quantitative estimate of drug-likeness (QED) is 0.403. The molecule has 0 atom stereocenters. The van der Waals surface area contributed by atoms with Crippen LogP contribution in [0.25, 0.3) is 27.5 Å². The lowest BCUT2D eigenvalue weighted by atomic mass is 9.92. The Balaban J connectivity index is 1.82. The van der Waals surface area contributed by atoms with Gasteiger partial charge in [0.1, 0.15) is 5.82 Å². The van der Waals surface area contributed by atoms with Gasteiger partial charge in [0, 0.05) is 41.4 Å². The first-order chi connectivity index (χ1) is 15.3. The van der Waals surface area contributed by atoms with Crippen LogP contribution in [0.1, 0.15) is 40.5 Å². The number of aryl methyl sites for hydroxylation is 1. The molecule has 0 unspecified atom stereocenters. The summed E-state index contributed by atoms with van der Waals surface area (Å²) in [4.78, 5) is 32.9. The highest BCUT2D eigenvalue weighted by Gasteiger charge is 2.27. The van der Waals surface area contributed by atoms with Gasteiger partial charge < -0.3 is 9.55 Å². The van der Waals surface area contributed by atoms with Crippen molar-refractivity contribution < 1.29 is 14.0 Å². The molecule has 5 nitrogen and oxygen atoms in total. The fraction of sp³-hybridized carbons (Fsp3) is 0.160. The highest BCUT2D eigenvalue weighted by Crippen LogP contribution is 2.37. The maximum Gasteiger partial charge on any atom is 0.176 e. The highest BCUT2D eigenvalue weighted by atomic mass is 35.5. The number of nitrogens with one attached hydrogen (secondary N) is 1. The van der Waals surface area contributed by atoms with Crippen LogP contribution in [-0.4, -0.2) is 26.1 Å². The smallest absolute Gasteiger partial charge is 0.176 e. The molecule has 32 heavy (non-hydrogen) atoms. The van der Waals surface area contributed by atoms with Crippen LogP contribution in [-0.2, 0) is 11.3 Å². The second kappa shape index (κ2) is 7.57. The molecule has 0 fully saturated rings. The summed E-state index contributed by atoms with van der Waals surface area (Å²) in [6, 6.07) is 6.76. The van der Waals surface area contributed by atoms with Gasteiger partial charge in [-0.15, -0.1) is 0 Å². The third kappa shape index (κ3) is 3.19. The van der Waals surface area contributed by atoms with Crippen molar-refractivity contribution >= 4 is 50.7 Å². The van der Waals surface area contributed by atoms with E-state index in [2.05, 4.69) is 9.97 Å². The Labute approximate surface area is 188 Å². The van der Waals surface area contributed by atoms with Gasteiger partial charge >= 0.3 is 0 Å². The predicted molar refractivity (Wildman–Crippen MR) is 124 cm³/mol. The van der Waals surface area contributed by atoms with Crippen LogP contribution in [0.5, 0.6) is 0 Å². The number of fused-ring (bicyclic) bond motifs is 2. The van der Waals surface area contributed by atoms with Crippen LogP contribution in [0.3, 0.4) is 0 Å². The second-order valence-corrected chi connectivity index (χ2v) is 8.39. The summed E-state index contributed by atoms with van der Waals surface area (Å²) in [5.41, 5.74) is 4.64. The highest BCUT2D eigenvalue weighted by molar-refractivity contribution is 6.32. The van der Waals surface area contributed by atoms with Crippen molar-refractivity contribution in [3.8, 4) is 0 Å². The van der Waals surface area contributed by atoms with Gasteiger partial charge in [-0.25, -0.2) is 9.37 Å². The molecule has 0 saturated heterocycles. The standard InChI is InChI=1S/C25H19ClFN3O2/c1-13-7-17-22(10-19(13)27)30(11-15-8-20-21(9-18(15)26)29-12-28-20)25(14(2)31)24(17)16-5-3-4-6-23(16)32/h3-5,7-10,12H,6,11H2,1-2H3,(H,28,29). The monoisotopic (exact) mass is 447 g/mol. The number of carbonyl (C=O) groups excluding carboxylic acids is 2. The number of Topliss-reactive ketones (excluding diaryl/α,β-unsaturated/α-hetero) is 2. The van der Waals surface area contributed by atoms with Crippen molar-refractivity contribution in [2.24, 2.45) is 0 Å². The molecule has 0 amide bonds. The summed E-state index contributed by atoms with van der Waals surface area (Å²) in [7, 11) is 0. The molecule has 0 radical (unpaired) electrons. The SMILES string of the molecule is CC(=O)c1c(C2=CC=CCC2=O)c2cc(C)c(F)cc2n1Cc1cc2[nH]cnc2cc1Cl. The van der Waals surface area contributed by atoms with Crippen molar-refractivity contribution in [1.29, 1.82) is 0 Å². The number of aromatic amines is 1. The van der Waals surface area contributed by atoms with Gasteiger partial charge in [-0.2, -0.15) is 0 Å². The van der Waals surface area contributed by atoms with Gasteiger partial charge in [-0.1, -0.05) is 29.8 Å². The number of benzene rings is 2. The number of ketones is 2. The van der Waals surface area contributed by atoms with Gasteiger partial charge in [-0.05, 0) is 42.3 Å². The largest absolute Gasteiger partial charge is 0.345 e. The van der Waals surface area contributed by atoms with E-state index in [9.17, 15) is 14.0 Å². The first kappa shape index (κ1) is 20.4. The van der Waals surface area contributed by atoms with Crippen LogP contribution in [0, 0.1) is 12.7 Å². The Kier molecular flexibility index (Phi) is 4.82. The lowest BCUT2D eigenvalue weighted by Gasteiger charge is -2.13. The molecule has 0 aliphatic heterocycles. The molecule has 1 aliphatic carbocycles. The summed E-state index contributed by atoms with van der Waals surface area (Å²) >= 11 is 6.53. The Hall–Kier alpha value is -3.51. The van der Waals surface area contributed by atoms with Crippen LogP contribution in [0.15, 0.2) is 48.8 Å². The zero-order valence-electron chi connectivity index (χ0n) is 17.5. The minimum atomic E-state index is -0.378. The van der Waals surface area contributed by atoms with Gasteiger partial charge in [0.25, 0.3) is 0 Å². The van der Waals surface area contributed by atoms with Crippen molar-refractivity contribution in [2.75, 3.05) is 0 Å². The molecule has 0 saturated carbocycles. The molecule has 2 heterocycles. The third-order valence-electron chi connectivity index (χ3n) is 5.87. The van der Waals surface area contributed by atoms with E-state index in [1.165, 1.54) is 13.0 Å². The molecule has 1 aliphatic rings. The normalized spacial score (nSPS) is 13.9. The number of carbonyl (C=O) groups is 2. The van der Waals surface area contributed by atoms with Gasteiger partial charge in [0.15, 0.2) is 11.6 Å². The van der Waals surface area contributed by atoms with Crippen LogP contribution < -0.4 is 0 Å². The summed E-state index contributed by atoms with van der Waals surface area (Å²) in [5, 5.41) is 1.16. The van der Waals surface area contributed by atoms with Crippen molar-refractivity contribution in [2.45, 2.75) is 26.8 Å². The summed E-state index contributed by atoms with van der Waals surface area (Å²) in [5.74, 6) is -0.666. The van der Waals surface area contributed by atoms with Gasteiger partial charge in [0.05, 0.1) is 28.6 Å². The molecular formula is C25H19ClFN3O2. The topological polar surface area (TPSA) is 67.8 Å². The van der Waals surface area contributed by atoms with Gasteiger partial charge in [-0.3, -0.25) is 9.59 Å². The number of hydrogen-bond donors (Lipinski definition) is 1. The Bertz CT molecular complexity index is 1510. The van der Waals surface area contributed by atoms with Crippen LogP contribution >= 0.6 is 11.6 Å². The summed E-state index contributed by atoms with van der Waals surface area (Å²) < 4.78 is 16.4. The Morgan fingerprint density at radius 1 is 1.28 bits per heavy atom. The average Bonchev–Trinajstić information content (AvgIpc) is 3.31. The minimum Gasteiger partial charge on any atom is -0.345 e. The van der Waals surface area contributed by atoms with E-state index in [4.69, 9.17) is 11.6 Å². The lowest BCUT2D eigenvalue weighted by molar-refractivity contribution is -0.113. The van der Waals surface area contributed by atoms with Crippen molar-refractivity contribution in [3.05, 3.63) is 82.0 Å². The number of rotatable bonds is 4. The number of nitrogens with zero attached hydrogens (tertiary/aromatic N) is 2. The molecule has 0 bridgehead atoms. The van der Waals surface area contributed by atoms with E-state index >= 15 is 0 Å². The Morgan fingerprint density at radius 2 is 2.09 bits per heavy atom. The van der Waals surface area contributed by atoms with Crippen LogP contribution in [0.2, 0.25) is 5.02 Å². The predicted octanol–water partition coefficient (Wildman–Crippen LogP) is 5.78. The third-order valence-corrected chi connectivity index (χ3v) is 6.22.